The van der Waals surface area contributed by atoms with E-state index in [2.05, 4.69) is 26.2 Å². The Morgan fingerprint density at radius 1 is 0.875 bits per heavy atom. The zero-order valence-corrected chi connectivity index (χ0v) is 9.98. The van der Waals surface area contributed by atoms with Crippen LogP contribution in [0.2, 0.25) is 0 Å². The van der Waals surface area contributed by atoms with E-state index in [1.807, 2.05) is 48.5 Å². The van der Waals surface area contributed by atoms with Gasteiger partial charge in [-0.05, 0) is 18.2 Å². The predicted octanol–water partition coefficient (Wildman–Crippen LogP) is 3.78. The summed E-state index contributed by atoms with van der Waals surface area (Å²) in [7, 11) is 0. The molecule has 0 spiro atoms. The highest BCUT2D eigenvalue weighted by atomic mass is 79.9. The van der Waals surface area contributed by atoms with Crippen LogP contribution >= 0.6 is 15.9 Å². The van der Waals surface area contributed by atoms with Gasteiger partial charge in [-0.3, -0.25) is 0 Å². The van der Waals surface area contributed by atoms with E-state index in [0.29, 0.717) is 0 Å². The highest BCUT2D eigenvalue weighted by molar-refractivity contribution is 9.10. The van der Waals surface area contributed by atoms with Crippen molar-refractivity contribution in [3.8, 4) is 0 Å². The van der Waals surface area contributed by atoms with E-state index >= 15 is 0 Å². The molecule has 0 saturated carbocycles. The van der Waals surface area contributed by atoms with Gasteiger partial charge in [0, 0.05) is 10.0 Å². The minimum atomic E-state index is 0.786. The van der Waals surface area contributed by atoms with Gasteiger partial charge in [0.15, 0.2) is 5.84 Å². The molecular formula is C13H8BrN2. The third-order valence-electron chi connectivity index (χ3n) is 2.42. The average molecular weight is 272 g/mol. The molecule has 0 N–H and O–H groups in total. The molecule has 2 aromatic rings. The Bertz CT molecular complexity index is 561. The normalized spacial score (nSPS) is 12.9. The fraction of sp³-hybridized carbons (Fsp3) is 0. The number of rotatable bonds is 1. The maximum atomic E-state index is 4.50. The SMILES string of the molecule is Brc1ccc2c(c1)[N]C(c1ccccc1)=N2. The van der Waals surface area contributed by atoms with Gasteiger partial charge in [-0.15, -0.1) is 0 Å². The van der Waals surface area contributed by atoms with Crippen LogP contribution in [0.1, 0.15) is 5.56 Å². The van der Waals surface area contributed by atoms with Gasteiger partial charge in [-0.25, -0.2) is 10.3 Å². The summed E-state index contributed by atoms with van der Waals surface area (Å²) in [5, 5.41) is 4.50. The minimum Gasteiger partial charge on any atom is -0.226 e. The van der Waals surface area contributed by atoms with Gasteiger partial charge in [0.25, 0.3) is 0 Å². The lowest BCUT2D eigenvalue weighted by Crippen LogP contribution is -2.07. The second-order valence-corrected chi connectivity index (χ2v) is 4.46. The number of hydrogen-bond donors (Lipinski definition) is 0. The van der Waals surface area contributed by atoms with Crippen molar-refractivity contribution in [3.63, 3.8) is 0 Å². The summed E-state index contributed by atoms with van der Waals surface area (Å²) in [6.45, 7) is 0. The smallest absolute Gasteiger partial charge is 0.160 e. The first-order valence-electron chi connectivity index (χ1n) is 4.98. The quantitative estimate of drug-likeness (QED) is 0.755. The lowest BCUT2D eigenvalue weighted by Gasteiger charge is -1.99. The van der Waals surface area contributed by atoms with E-state index in [4.69, 9.17) is 0 Å². The summed E-state index contributed by atoms with van der Waals surface area (Å²) in [5.74, 6) is 0.786. The van der Waals surface area contributed by atoms with Crippen molar-refractivity contribution in [1.29, 1.82) is 0 Å². The van der Waals surface area contributed by atoms with Gasteiger partial charge in [0.05, 0.1) is 11.4 Å². The number of benzene rings is 2. The minimum absolute atomic E-state index is 0.786. The Hall–Kier alpha value is -1.61. The van der Waals surface area contributed by atoms with Crippen molar-refractivity contribution >= 4 is 33.1 Å². The third-order valence-corrected chi connectivity index (χ3v) is 2.92. The first-order valence-corrected chi connectivity index (χ1v) is 5.78. The fourth-order valence-corrected chi connectivity index (χ4v) is 2.00. The highest BCUT2D eigenvalue weighted by Crippen LogP contribution is 2.33. The molecule has 0 aliphatic carbocycles. The number of nitrogens with zero attached hydrogens (tertiary/aromatic N) is 2. The van der Waals surface area contributed by atoms with Crippen LogP contribution in [-0.2, 0) is 0 Å². The van der Waals surface area contributed by atoms with E-state index in [1.165, 1.54) is 0 Å². The van der Waals surface area contributed by atoms with Crippen LogP contribution < -0.4 is 5.32 Å². The topological polar surface area (TPSA) is 26.5 Å². The van der Waals surface area contributed by atoms with Gasteiger partial charge in [-0.2, -0.15) is 0 Å². The van der Waals surface area contributed by atoms with Crippen LogP contribution in [0.3, 0.4) is 0 Å². The standard InChI is InChI=1S/C13H8BrN2/c14-10-6-7-11-12(8-10)16-13(15-11)9-4-2-1-3-5-9/h1-8H. The van der Waals surface area contributed by atoms with Gasteiger partial charge in [0.1, 0.15) is 0 Å². The molecule has 16 heavy (non-hydrogen) atoms. The summed E-state index contributed by atoms with van der Waals surface area (Å²) in [6.07, 6.45) is 0. The van der Waals surface area contributed by atoms with Gasteiger partial charge in [-0.1, -0.05) is 46.3 Å². The summed E-state index contributed by atoms with van der Waals surface area (Å²) in [5.41, 5.74) is 2.91. The largest absolute Gasteiger partial charge is 0.226 e. The summed E-state index contributed by atoms with van der Waals surface area (Å²) >= 11 is 3.43. The lowest BCUT2D eigenvalue weighted by atomic mass is 10.2. The first kappa shape index (κ1) is 9.60. The Labute approximate surface area is 102 Å². The molecule has 2 nitrogen and oxygen atoms in total. The molecule has 0 atom stereocenters. The molecule has 0 aromatic heterocycles. The molecule has 3 heteroatoms. The van der Waals surface area contributed by atoms with Gasteiger partial charge < -0.3 is 0 Å². The molecule has 77 valence electrons. The van der Waals surface area contributed by atoms with Crippen molar-refractivity contribution in [2.45, 2.75) is 0 Å². The average Bonchev–Trinajstić information content (AvgIpc) is 2.73. The van der Waals surface area contributed by atoms with Crippen LogP contribution in [0.4, 0.5) is 11.4 Å². The van der Waals surface area contributed by atoms with E-state index < -0.39 is 0 Å². The van der Waals surface area contributed by atoms with Crippen LogP contribution in [0.25, 0.3) is 0 Å². The molecule has 2 aromatic carbocycles. The van der Waals surface area contributed by atoms with E-state index in [9.17, 15) is 0 Å². The zero-order valence-electron chi connectivity index (χ0n) is 8.39. The Kier molecular flexibility index (Phi) is 2.26. The van der Waals surface area contributed by atoms with Gasteiger partial charge in [0.2, 0.25) is 0 Å². The molecule has 0 amide bonds. The maximum Gasteiger partial charge on any atom is 0.160 e. The zero-order chi connectivity index (χ0) is 11.0. The van der Waals surface area contributed by atoms with Crippen molar-refractivity contribution in [3.05, 3.63) is 58.6 Å². The summed E-state index contributed by atoms with van der Waals surface area (Å²) in [6, 6.07) is 15.9. The van der Waals surface area contributed by atoms with E-state index in [0.717, 1.165) is 27.2 Å². The number of hydrogen-bond acceptors (Lipinski definition) is 1. The number of amidine groups is 1. The Balaban J connectivity index is 2.00. The monoisotopic (exact) mass is 271 g/mol. The molecule has 1 heterocycles. The van der Waals surface area contributed by atoms with Gasteiger partial charge >= 0.3 is 0 Å². The maximum absolute atomic E-state index is 4.50. The molecule has 1 radical (unpaired) electrons. The van der Waals surface area contributed by atoms with Crippen molar-refractivity contribution < 1.29 is 0 Å². The highest BCUT2D eigenvalue weighted by Gasteiger charge is 2.16. The van der Waals surface area contributed by atoms with Crippen molar-refractivity contribution in [2.75, 3.05) is 0 Å². The molecule has 1 aliphatic heterocycles. The molecule has 0 unspecified atom stereocenters. The summed E-state index contributed by atoms with van der Waals surface area (Å²) < 4.78 is 1.03. The number of halogens is 1. The van der Waals surface area contributed by atoms with E-state index in [-0.39, 0.29) is 0 Å². The summed E-state index contributed by atoms with van der Waals surface area (Å²) in [4.78, 5) is 4.49. The third kappa shape index (κ3) is 1.63. The van der Waals surface area contributed by atoms with Crippen molar-refractivity contribution in [1.82, 2.24) is 5.32 Å². The Morgan fingerprint density at radius 2 is 1.69 bits per heavy atom. The molecule has 0 saturated heterocycles. The second-order valence-electron chi connectivity index (χ2n) is 3.55. The molecule has 0 fully saturated rings. The van der Waals surface area contributed by atoms with E-state index in [1.54, 1.807) is 0 Å². The fourth-order valence-electron chi connectivity index (χ4n) is 1.65. The number of aliphatic imine (C=N–C) groups is 1. The van der Waals surface area contributed by atoms with Crippen LogP contribution in [0.15, 0.2) is 58.0 Å². The van der Waals surface area contributed by atoms with Crippen LogP contribution in [-0.4, -0.2) is 5.84 Å². The molecule has 0 bridgehead atoms. The number of fused-ring (bicyclic) bond motifs is 1. The van der Waals surface area contributed by atoms with Crippen LogP contribution in [0, 0.1) is 0 Å². The Morgan fingerprint density at radius 3 is 2.50 bits per heavy atom. The van der Waals surface area contributed by atoms with Crippen molar-refractivity contribution in [2.24, 2.45) is 4.99 Å². The lowest BCUT2D eigenvalue weighted by molar-refractivity contribution is 1.30. The molecule has 1 aliphatic rings. The predicted molar refractivity (Wildman–Crippen MR) is 68.6 cm³/mol. The van der Waals surface area contributed by atoms with Crippen LogP contribution in [0.5, 0.6) is 0 Å². The second kappa shape index (κ2) is 3.76. The molecule has 3 rings (SSSR count). The molecular weight excluding hydrogens is 264 g/mol. The first-order chi connectivity index (χ1) is 7.83.